The molecular formula is C15H18FN3O2. The number of hydrogen-bond acceptors (Lipinski definition) is 3. The molecule has 0 fully saturated rings. The average molecular weight is 291 g/mol. The third-order valence-corrected chi connectivity index (χ3v) is 3.08. The van der Waals surface area contributed by atoms with Crippen LogP contribution in [0.15, 0.2) is 30.5 Å². The Balaban J connectivity index is 2.30. The molecule has 0 saturated carbocycles. The third-order valence-electron chi connectivity index (χ3n) is 3.08. The first kappa shape index (κ1) is 14.9. The molecule has 0 spiro atoms. The number of amides is 1. The molecule has 1 aromatic carbocycles. The maximum absolute atomic E-state index is 13.7. The number of carbonyl (C=O) groups is 1. The molecule has 0 aliphatic rings. The molecule has 0 aliphatic heterocycles. The van der Waals surface area contributed by atoms with Crippen LogP contribution in [0.5, 0.6) is 5.75 Å². The summed E-state index contributed by atoms with van der Waals surface area (Å²) in [6.45, 7) is 3.87. The van der Waals surface area contributed by atoms with E-state index in [0.717, 1.165) is 0 Å². The molecule has 0 bridgehead atoms. The topological polar surface area (TPSA) is 69.3 Å². The Kier molecular flexibility index (Phi) is 4.16. The number of nitrogen functional groups attached to an aromatic ring is 1. The molecule has 112 valence electrons. The minimum atomic E-state index is -0.528. The van der Waals surface area contributed by atoms with Crippen LogP contribution in [0.3, 0.4) is 0 Å². The van der Waals surface area contributed by atoms with E-state index in [4.69, 9.17) is 10.5 Å². The van der Waals surface area contributed by atoms with Crippen LogP contribution in [0.4, 0.5) is 15.8 Å². The number of nitrogens with one attached hydrogen (secondary N) is 1. The summed E-state index contributed by atoms with van der Waals surface area (Å²) in [5.74, 6) is -0.488. The number of anilines is 2. The predicted octanol–water partition coefficient (Wildman–Crippen LogP) is 3.05. The van der Waals surface area contributed by atoms with Gasteiger partial charge in [0, 0.05) is 18.3 Å². The minimum Gasteiger partial charge on any atom is -0.497 e. The molecule has 0 saturated heterocycles. The molecule has 0 unspecified atom stereocenters. The standard InChI is InChI=1S/C15H18FN3O2/c1-9(2)19-8-10(17)6-14(19)15(20)18-13-7-11(21-3)4-5-12(13)16/h4-9H,17H2,1-3H3,(H,18,20). The van der Waals surface area contributed by atoms with Crippen LogP contribution in [-0.2, 0) is 0 Å². The predicted molar refractivity (Wildman–Crippen MR) is 80.1 cm³/mol. The van der Waals surface area contributed by atoms with Crippen LogP contribution in [0.2, 0.25) is 0 Å². The maximum Gasteiger partial charge on any atom is 0.272 e. The summed E-state index contributed by atoms with van der Waals surface area (Å²) < 4.78 is 20.5. The Bertz CT molecular complexity index is 665. The molecule has 0 radical (unpaired) electrons. The van der Waals surface area contributed by atoms with Gasteiger partial charge in [-0.15, -0.1) is 0 Å². The minimum absolute atomic E-state index is 0.0643. The first-order chi connectivity index (χ1) is 9.92. The van der Waals surface area contributed by atoms with Crippen LogP contribution in [0.25, 0.3) is 0 Å². The van der Waals surface area contributed by atoms with Gasteiger partial charge in [-0.25, -0.2) is 4.39 Å². The Morgan fingerprint density at radius 3 is 2.71 bits per heavy atom. The molecule has 5 nitrogen and oxygen atoms in total. The van der Waals surface area contributed by atoms with Crippen molar-refractivity contribution in [1.82, 2.24) is 4.57 Å². The smallest absolute Gasteiger partial charge is 0.272 e. The van der Waals surface area contributed by atoms with Gasteiger partial charge in [0.25, 0.3) is 5.91 Å². The lowest BCUT2D eigenvalue weighted by Crippen LogP contribution is -2.18. The van der Waals surface area contributed by atoms with E-state index in [2.05, 4.69) is 5.32 Å². The molecule has 0 aliphatic carbocycles. The highest BCUT2D eigenvalue weighted by molar-refractivity contribution is 6.04. The molecule has 21 heavy (non-hydrogen) atoms. The Labute approximate surface area is 122 Å². The largest absolute Gasteiger partial charge is 0.497 e. The zero-order valence-corrected chi connectivity index (χ0v) is 12.2. The lowest BCUT2D eigenvalue weighted by atomic mass is 10.2. The zero-order chi connectivity index (χ0) is 15.6. The van der Waals surface area contributed by atoms with Crippen molar-refractivity contribution in [1.29, 1.82) is 0 Å². The average Bonchev–Trinajstić information content (AvgIpc) is 2.83. The van der Waals surface area contributed by atoms with Crippen LogP contribution in [0.1, 0.15) is 30.4 Å². The van der Waals surface area contributed by atoms with Gasteiger partial charge >= 0.3 is 0 Å². The fraction of sp³-hybridized carbons (Fsp3) is 0.267. The summed E-state index contributed by atoms with van der Waals surface area (Å²) in [5.41, 5.74) is 6.66. The first-order valence-electron chi connectivity index (χ1n) is 6.54. The van der Waals surface area contributed by atoms with E-state index in [1.54, 1.807) is 16.8 Å². The zero-order valence-electron chi connectivity index (χ0n) is 12.2. The molecular weight excluding hydrogens is 273 g/mol. The molecule has 1 amide bonds. The van der Waals surface area contributed by atoms with Crippen molar-refractivity contribution in [2.75, 3.05) is 18.2 Å². The van der Waals surface area contributed by atoms with Crippen molar-refractivity contribution in [2.24, 2.45) is 0 Å². The Morgan fingerprint density at radius 1 is 1.38 bits per heavy atom. The maximum atomic E-state index is 13.7. The molecule has 1 aromatic heterocycles. The highest BCUT2D eigenvalue weighted by atomic mass is 19.1. The van der Waals surface area contributed by atoms with Gasteiger partial charge in [0.2, 0.25) is 0 Å². The van der Waals surface area contributed by atoms with E-state index in [-0.39, 0.29) is 11.7 Å². The monoisotopic (exact) mass is 291 g/mol. The van der Waals surface area contributed by atoms with Crippen molar-refractivity contribution in [3.8, 4) is 5.75 Å². The fourth-order valence-corrected chi connectivity index (χ4v) is 2.02. The van der Waals surface area contributed by atoms with Crippen LogP contribution < -0.4 is 15.8 Å². The van der Waals surface area contributed by atoms with Crippen molar-refractivity contribution < 1.29 is 13.9 Å². The number of methoxy groups -OCH3 is 1. The van der Waals surface area contributed by atoms with E-state index >= 15 is 0 Å². The summed E-state index contributed by atoms with van der Waals surface area (Å²) in [6, 6.07) is 5.79. The first-order valence-corrected chi connectivity index (χ1v) is 6.54. The molecule has 1 heterocycles. The molecule has 3 N–H and O–H groups in total. The SMILES string of the molecule is COc1ccc(F)c(NC(=O)c2cc(N)cn2C(C)C)c1. The second-order valence-electron chi connectivity index (χ2n) is 4.96. The number of aromatic nitrogens is 1. The lowest BCUT2D eigenvalue weighted by molar-refractivity contribution is 0.101. The lowest BCUT2D eigenvalue weighted by Gasteiger charge is -2.13. The second-order valence-corrected chi connectivity index (χ2v) is 4.96. The normalized spacial score (nSPS) is 10.7. The van der Waals surface area contributed by atoms with Gasteiger partial charge in [-0.05, 0) is 32.0 Å². The number of nitrogens with zero attached hydrogens (tertiary/aromatic N) is 1. The number of halogens is 1. The van der Waals surface area contributed by atoms with Crippen LogP contribution >= 0.6 is 0 Å². The van der Waals surface area contributed by atoms with E-state index in [0.29, 0.717) is 17.1 Å². The quantitative estimate of drug-likeness (QED) is 0.909. The van der Waals surface area contributed by atoms with E-state index < -0.39 is 11.7 Å². The summed E-state index contributed by atoms with van der Waals surface area (Å²) in [4.78, 5) is 12.3. The summed E-state index contributed by atoms with van der Waals surface area (Å²) in [7, 11) is 1.48. The summed E-state index contributed by atoms with van der Waals surface area (Å²) in [6.07, 6.45) is 1.68. The molecule has 2 rings (SSSR count). The number of nitrogens with two attached hydrogens (primary N) is 1. The van der Waals surface area contributed by atoms with Gasteiger partial charge in [0.1, 0.15) is 17.3 Å². The third kappa shape index (κ3) is 3.16. The van der Waals surface area contributed by atoms with E-state index in [1.165, 1.54) is 25.3 Å². The van der Waals surface area contributed by atoms with Gasteiger partial charge in [-0.2, -0.15) is 0 Å². The molecule has 6 heteroatoms. The number of rotatable bonds is 4. The number of ether oxygens (including phenoxy) is 1. The van der Waals surface area contributed by atoms with Gasteiger partial charge < -0.3 is 20.4 Å². The summed E-state index contributed by atoms with van der Waals surface area (Å²) >= 11 is 0. The van der Waals surface area contributed by atoms with Crippen molar-refractivity contribution in [2.45, 2.75) is 19.9 Å². The Morgan fingerprint density at radius 2 is 2.10 bits per heavy atom. The van der Waals surface area contributed by atoms with Gasteiger partial charge in [-0.3, -0.25) is 4.79 Å². The highest BCUT2D eigenvalue weighted by Gasteiger charge is 2.16. The van der Waals surface area contributed by atoms with Gasteiger partial charge in [0.05, 0.1) is 18.5 Å². The molecule has 0 atom stereocenters. The van der Waals surface area contributed by atoms with Gasteiger partial charge in [-0.1, -0.05) is 0 Å². The fourth-order valence-electron chi connectivity index (χ4n) is 2.02. The van der Waals surface area contributed by atoms with E-state index in [1.807, 2.05) is 13.8 Å². The van der Waals surface area contributed by atoms with Crippen LogP contribution in [0, 0.1) is 5.82 Å². The summed E-state index contributed by atoms with van der Waals surface area (Å²) in [5, 5.41) is 2.54. The second kappa shape index (κ2) is 5.87. The number of hydrogen-bond donors (Lipinski definition) is 2. The van der Waals surface area contributed by atoms with Crippen LogP contribution in [-0.4, -0.2) is 17.6 Å². The number of carbonyl (C=O) groups excluding carboxylic acids is 1. The van der Waals surface area contributed by atoms with Crippen molar-refractivity contribution >= 4 is 17.3 Å². The van der Waals surface area contributed by atoms with Crippen molar-refractivity contribution in [3.05, 3.63) is 42.0 Å². The Hall–Kier alpha value is -2.50. The van der Waals surface area contributed by atoms with E-state index in [9.17, 15) is 9.18 Å². The van der Waals surface area contributed by atoms with Crippen molar-refractivity contribution in [3.63, 3.8) is 0 Å². The molecule has 2 aromatic rings. The number of benzene rings is 1. The highest BCUT2D eigenvalue weighted by Crippen LogP contribution is 2.23. The van der Waals surface area contributed by atoms with Gasteiger partial charge in [0.15, 0.2) is 0 Å².